The molecular formula is C16H20N4. The molecule has 20 heavy (non-hydrogen) atoms. The first kappa shape index (κ1) is 14.1. The van der Waals surface area contributed by atoms with Crippen molar-refractivity contribution in [3.8, 4) is 0 Å². The first-order valence-electron chi connectivity index (χ1n) is 6.68. The molecule has 0 aliphatic carbocycles. The minimum atomic E-state index is 0.139. The molecule has 0 heterocycles. The Morgan fingerprint density at radius 3 is 2.25 bits per heavy atom. The van der Waals surface area contributed by atoms with Crippen molar-refractivity contribution in [3.63, 3.8) is 0 Å². The lowest BCUT2D eigenvalue weighted by Crippen LogP contribution is -2.37. The first-order chi connectivity index (χ1) is 9.78. The molecule has 0 aliphatic rings. The van der Waals surface area contributed by atoms with Gasteiger partial charge in [-0.25, -0.2) is 10.8 Å². The molecule has 0 spiro atoms. The van der Waals surface area contributed by atoms with E-state index in [-0.39, 0.29) is 6.04 Å². The summed E-state index contributed by atoms with van der Waals surface area (Å²) in [5, 5.41) is 3.16. The van der Waals surface area contributed by atoms with Crippen LogP contribution in [0.1, 0.15) is 12.5 Å². The maximum atomic E-state index is 5.52. The molecule has 0 saturated carbocycles. The van der Waals surface area contributed by atoms with Crippen molar-refractivity contribution in [3.05, 3.63) is 66.2 Å². The summed E-state index contributed by atoms with van der Waals surface area (Å²) in [6.07, 6.45) is 0.877. The maximum Gasteiger partial charge on any atom is 0.210 e. The summed E-state index contributed by atoms with van der Waals surface area (Å²) in [5.41, 5.74) is 4.82. The minimum absolute atomic E-state index is 0.139. The van der Waals surface area contributed by atoms with Crippen molar-refractivity contribution in [2.24, 2.45) is 10.8 Å². The van der Waals surface area contributed by atoms with E-state index in [0.717, 1.165) is 12.1 Å². The lowest BCUT2D eigenvalue weighted by atomic mass is 10.1. The van der Waals surface area contributed by atoms with Crippen LogP contribution in [-0.2, 0) is 6.42 Å². The quantitative estimate of drug-likeness (QED) is 0.345. The van der Waals surface area contributed by atoms with Crippen LogP contribution < -0.4 is 16.6 Å². The average molecular weight is 268 g/mol. The van der Waals surface area contributed by atoms with Crippen molar-refractivity contribution in [1.82, 2.24) is 5.43 Å². The number of rotatable bonds is 4. The Kier molecular flexibility index (Phi) is 5.15. The molecule has 4 heteroatoms. The summed E-state index contributed by atoms with van der Waals surface area (Å²) in [4.78, 5) is 4.55. The molecule has 0 fully saturated rings. The number of para-hydroxylation sites is 1. The van der Waals surface area contributed by atoms with Crippen LogP contribution in [0.5, 0.6) is 0 Å². The van der Waals surface area contributed by atoms with Crippen molar-refractivity contribution in [1.29, 1.82) is 0 Å². The molecule has 104 valence electrons. The predicted molar refractivity (Wildman–Crippen MR) is 84.4 cm³/mol. The Bertz CT molecular complexity index is 537. The highest BCUT2D eigenvalue weighted by molar-refractivity contribution is 5.93. The monoisotopic (exact) mass is 268 g/mol. The number of hydrogen-bond donors (Lipinski definition) is 3. The number of hydrazine groups is 1. The summed E-state index contributed by atoms with van der Waals surface area (Å²) in [5.74, 6) is 6.09. The van der Waals surface area contributed by atoms with Gasteiger partial charge in [-0.15, -0.1) is 0 Å². The van der Waals surface area contributed by atoms with Gasteiger partial charge in [-0.2, -0.15) is 0 Å². The van der Waals surface area contributed by atoms with Crippen LogP contribution >= 0.6 is 0 Å². The molecule has 2 aromatic rings. The second kappa shape index (κ2) is 7.31. The zero-order valence-electron chi connectivity index (χ0n) is 11.6. The number of benzene rings is 2. The Balaban J connectivity index is 1.99. The smallest absolute Gasteiger partial charge is 0.210 e. The summed E-state index contributed by atoms with van der Waals surface area (Å²) < 4.78 is 0. The van der Waals surface area contributed by atoms with Crippen molar-refractivity contribution >= 4 is 11.6 Å². The highest BCUT2D eigenvalue weighted by Gasteiger charge is 2.04. The fourth-order valence-electron chi connectivity index (χ4n) is 1.99. The SMILES string of the molecule is CC(Cc1ccccc1)N=C(NN)Nc1ccccc1. The number of nitrogens with zero attached hydrogens (tertiary/aromatic N) is 1. The van der Waals surface area contributed by atoms with Gasteiger partial charge in [0, 0.05) is 5.69 Å². The third kappa shape index (κ3) is 4.40. The van der Waals surface area contributed by atoms with Crippen molar-refractivity contribution in [2.45, 2.75) is 19.4 Å². The van der Waals surface area contributed by atoms with Crippen LogP contribution in [0.25, 0.3) is 0 Å². The van der Waals surface area contributed by atoms with E-state index in [1.165, 1.54) is 5.56 Å². The number of anilines is 1. The number of hydrogen-bond acceptors (Lipinski definition) is 2. The van der Waals surface area contributed by atoms with E-state index in [0.29, 0.717) is 5.96 Å². The molecule has 0 aliphatic heterocycles. The predicted octanol–water partition coefficient (Wildman–Crippen LogP) is 2.55. The van der Waals surface area contributed by atoms with E-state index in [4.69, 9.17) is 5.84 Å². The van der Waals surface area contributed by atoms with Gasteiger partial charge in [0.15, 0.2) is 0 Å². The zero-order chi connectivity index (χ0) is 14.2. The Hall–Kier alpha value is -2.33. The average Bonchev–Trinajstić information content (AvgIpc) is 2.48. The van der Waals surface area contributed by atoms with Gasteiger partial charge in [-0.1, -0.05) is 48.5 Å². The highest BCUT2D eigenvalue weighted by atomic mass is 15.3. The molecule has 2 aromatic carbocycles. The summed E-state index contributed by atoms with van der Waals surface area (Å²) in [7, 11) is 0. The van der Waals surface area contributed by atoms with E-state index >= 15 is 0 Å². The van der Waals surface area contributed by atoms with Crippen molar-refractivity contribution in [2.75, 3.05) is 5.32 Å². The lowest BCUT2D eigenvalue weighted by molar-refractivity contribution is 0.732. The fourth-order valence-corrected chi connectivity index (χ4v) is 1.99. The van der Waals surface area contributed by atoms with Crippen LogP contribution in [0, 0.1) is 0 Å². The minimum Gasteiger partial charge on any atom is -0.325 e. The van der Waals surface area contributed by atoms with Crippen LogP contribution in [0.3, 0.4) is 0 Å². The molecule has 0 aromatic heterocycles. The Morgan fingerprint density at radius 2 is 1.65 bits per heavy atom. The molecule has 4 N–H and O–H groups in total. The molecule has 1 atom stereocenters. The molecule has 0 saturated heterocycles. The largest absolute Gasteiger partial charge is 0.325 e. The van der Waals surface area contributed by atoms with Gasteiger partial charge in [0.05, 0.1) is 6.04 Å². The van der Waals surface area contributed by atoms with Crippen LogP contribution in [0.4, 0.5) is 5.69 Å². The van der Waals surface area contributed by atoms with E-state index in [2.05, 4.69) is 34.8 Å². The van der Waals surface area contributed by atoms with E-state index < -0.39 is 0 Å². The molecule has 0 bridgehead atoms. The molecule has 0 amide bonds. The number of aliphatic imine (C=N–C) groups is 1. The molecule has 2 rings (SSSR count). The van der Waals surface area contributed by atoms with Crippen molar-refractivity contribution < 1.29 is 0 Å². The van der Waals surface area contributed by atoms with Gasteiger partial charge in [-0.3, -0.25) is 5.43 Å². The number of nitrogens with one attached hydrogen (secondary N) is 2. The molecule has 4 nitrogen and oxygen atoms in total. The third-order valence-electron chi connectivity index (χ3n) is 2.90. The Morgan fingerprint density at radius 1 is 1.05 bits per heavy atom. The van der Waals surface area contributed by atoms with Gasteiger partial charge in [0.1, 0.15) is 0 Å². The maximum absolute atomic E-state index is 5.52. The van der Waals surface area contributed by atoms with Gasteiger partial charge in [0.25, 0.3) is 0 Å². The third-order valence-corrected chi connectivity index (χ3v) is 2.90. The fraction of sp³-hybridized carbons (Fsp3) is 0.188. The summed E-state index contributed by atoms with van der Waals surface area (Å²) >= 11 is 0. The van der Waals surface area contributed by atoms with Crippen LogP contribution in [-0.4, -0.2) is 12.0 Å². The molecular weight excluding hydrogens is 248 g/mol. The standard InChI is InChI=1S/C16H20N4/c1-13(12-14-8-4-2-5-9-14)18-16(20-17)19-15-10-6-3-7-11-15/h2-11,13H,12,17H2,1H3,(H2,18,19,20). The molecule has 0 radical (unpaired) electrons. The van der Waals surface area contributed by atoms with Gasteiger partial charge < -0.3 is 5.32 Å². The first-order valence-corrected chi connectivity index (χ1v) is 6.68. The number of guanidine groups is 1. The Labute approximate surface area is 119 Å². The van der Waals surface area contributed by atoms with E-state index in [1.807, 2.05) is 48.5 Å². The zero-order valence-corrected chi connectivity index (χ0v) is 11.6. The van der Waals surface area contributed by atoms with Crippen LogP contribution in [0.15, 0.2) is 65.7 Å². The number of nitrogens with two attached hydrogens (primary N) is 1. The van der Waals surface area contributed by atoms with E-state index in [1.54, 1.807) is 0 Å². The lowest BCUT2D eigenvalue weighted by Gasteiger charge is -2.12. The van der Waals surface area contributed by atoms with Gasteiger partial charge in [-0.05, 0) is 31.0 Å². The second-order valence-corrected chi connectivity index (χ2v) is 4.65. The van der Waals surface area contributed by atoms with Gasteiger partial charge >= 0.3 is 0 Å². The van der Waals surface area contributed by atoms with Gasteiger partial charge in [0.2, 0.25) is 5.96 Å². The topological polar surface area (TPSA) is 62.4 Å². The molecule has 1 unspecified atom stereocenters. The summed E-state index contributed by atoms with van der Waals surface area (Å²) in [6.45, 7) is 2.07. The highest BCUT2D eigenvalue weighted by Crippen LogP contribution is 2.07. The van der Waals surface area contributed by atoms with Crippen LogP contribution in [0.2, 0.25) is 0 Å². The second-order valence-electron chi connectivity index (χ2n) is 4.65. The van der Waals surface area contributed by atoms with E-state index in [9.17, 15) is 0 Å². The normalized spacial score (nSPS) is 12.8. The summed E-state index contributed by atoms with van der Waals surface area (Å²) in [6, 6.07) is 20.3.